The molecule has 0 spiro atoms. The predicted molar refractivity (Wildman–Crippen MR) is 133 cm³/mol. The SMILES string of the molecule is COc1ccc(-c2oc3ccccc3c(=O)c2OCc2ccc(C(=O)OC(C)C)cc2)cc1Br. The van der Waals surface area contributed by atoms with Gasteiger partial charge < -0.3 is 18.6 Å². The van der Waals surface area contributed by atoms with Crippen molar-refractivity contribution < 1.29 is 23.4 Å². The Hall–Kier alpha value is -3.58. The number of carbonyl (C=O) groups is 1. The molecule has 0 aliphatic heterocycles. The molecule has 0 fully saturated rings. The zero-order chi connectivity index (χ0) is 24.2. The van der Waals surface area contributed by atoms with E-state index in [0.717, 1.165) is 10.0 Å². The normalized spacial score (nSPS) is 11.0. The average molecular weight is 523 g/mol. The number of para-hydroxylation sites is 1. The van der Waals surface area contributed by atoms with Crippen LogP contribution in [0.3, 0.4) is 0 Å². The van der Waals surface area contributed by atoms with Crippen LogP contribution in [-0.2, 0) is 11.3 Å². The summed E-state index contributed by atoms with van der Waals surface area (Å²) in [5.74, 6) is 0.707. The van der Waals surface area contributed by atoms with Gasteiger partial charge in [0.1, 0.15) is 17.9 Å². The van der Waals surface area contributed by atoms with Crippen molar-refractivity contribution in [3.63, 3.8) is 0 Å². The van der Waals surface area contributed by atoms with Crippen molar-refractivity contribution in [2.45, 2.75) is 26.6 Å². The number of methoxy groups -OCH3 is 1. The van der Waals surface area contributed by atoms with Gasteiger partial charge in [0.25, 0.3) is 0 Å². The van der Waals surface area contributed by atoms with E-state index < -0.39 is 0 Å². The lowest BCUT2D eigenvalue weighted by Gasteiger charge is -2.13. The van der Waals surface area contributed by atoms with Crippen LogP contribution >= 0.6 is 15.9 Å². The zero-order valence-electron chi connectivity index (χ0n) is 19.0. The molecule has 0 bridgehead atoms. The molecule has 0 saturated carbocycles. The molecule has 3 aromatic carbocycles. The molecule has 0 aliphatic carbocycles. The smallest absolute Gasteiger partial charge is 0.338 e. The molecule has 1 heterocycles. The molecule has 0 N–H and O–H groups in total. The lowest BCUT2D eigenvalue weighted by Crippen LogP contribution is -2.12. The standard InChI is InChI=1S/C27H23BrO6/c1-16(2)33-27(30)18-10-8-17(9-11-18)15-32-26-24(29)20-6-4-5-7-22(20)34-25(26)19-12-13-23(31-3)21(28)14-19/h4-14,16H,15H2,1-3H3. The minimum absolute atomic E-state index is 0.110. The van der Waals surface area contributed by atoms with E-state index in [1.807, 2.05) is 12.1 Å². The summed E-state index contributed by atoms with van der Waals surface area (Å²) in [5, 5.41) is 0.431. The lowest BCUT2D eigenvalue weighted by atomic mass is 10.1. The van der Waals surface area contributed by atoms with Crippen LogP contribution < -0.4 is 14.9 Å². The van der Waals surface area contributed by atoms with Crippen molar-refractivity contribution in [1.29, 1.82) is 0 Å². The maximum Gasteiger partial charge on any atom is 0.338 e. The van der Waals surface area contributed by atoms with Crippen LogP contribution in [0.5, 0.6) is 11.5 Å². The molecule has 0 amide bonds. The molecule has 34 heavy (non-hydrogen) atoms. The van der Waals surface area contributed by atoms with E-state index in [1.165, 1.54) is 0 Å². The van der Waals surface area contributed by atoms with Gasteiger partial charge in [-0.05, 0) is 77.8 Å². The first-order chi connectivity index (χ1) is 16.4. The van der Waals surface area contributed by atoms with Gasteiger partial charge in [-0.15, -0.1) is 0 Å². The Bertz CT molecular complexity index is 1390. The molecule has 0 unspecified atom stereocenters. The summed E-state index contributed by atoms with van der Waals surface area (Å²) < 4.78 is 23.4. The minimum Gasteiger partial charge on any atom is -0.496 e. The molecule has 4 rings (SSSR count). The van der Waals surface area contributed by atoms with Gasteiger partial charge in [-0.25, -0.2) is 4.79 Å². The molecular weight excluding hydrogens is 500 g/mol. The maximum atomic E-state index is 13.3. The van der Waals surface area contributed by atoms with E-state index in [-0.39, 0.29) is 29.9 Å². The zero-order valence-corrected chi connectivity index (χ0v) is 20.5. The number of fused-ring (bicyclic) bond motifs is 1. The largest absolute Gasteiger partial charge is 0.496 e. The van der Waals surface area contributed by atoms with Gasteiger partial charge in [-0.2, -0.15) is 0 Å². The van der Waals surface area contributed by atoms with Crippen molar-refractivity contribution >= 4 is 32.9 Å². The molecule has 0 saturated heterocycles. The Morgan fingerprint density at radius 1 is 1.03 bits per heavy atom. The summed E-state index contributed by atoms with van der Waals surface area (Å²) in [5.41, 5.74) is 2.11. The Morgan fingerprint density at radius 3 is 2.44 bits per heavy atom. The molecule has 0 atom stereocenters. The maximum absolute atomic E-state index is 13.3. The Labute approximate surface area is 205 Å². The summed E-state index contributed by atoms with van der Waals surface area (Å²) in [7, 11) is 1.58. The highest BCUT2D eigenvalue weighted by Crippen LogP contribution is 2.35. The van der Waals surface area contributed by atoms with Crippen molar-refractivity contribution in [2.24, 2.45) is 0 Å². The van der Waals surface area contributed by atoms with E-state index in [4.69, 9.17) is 18.6 Å². The number of hydrogen-bond donors (Lipinski definition) is 0. The first kappa shape index (κ1) is 23.6. The molecule has 0 radical (unpaired) electrons. The number of carbonyl (C=O) groups excluding carboxylic acids is 1. The van der Waals surface area contributed by atoms with Crippen molar-refractivity contribution in [3.8, 4) is 22.8 Å². The van der Waals surface area contributed by atoms with Crippen LogP contribution in [0.15, 0.2) is 80.4 Å². The minimum atomic E-state index is -0.384. The first-order valence-corrected chi connectivity index (χ1v) is 11.5. The number of ether oxygens (including phenoxy) is 3. The van der Waals surface area contributed by atoms with Gasteiger partial charge in [-0.1, -0.05) is 24.3 Å². The van der Waals surface area contributed by atoms with Gasteiger partial charge in [-0.3, -0.25) is 4.79 Å². The highest BCUT2D eigenvalue weighted by atomic mass is 79.9. The fourth-order valence-electron chi connectivity index (χ4n) is 3.43. The van der Waals surface area contributed by atoms with Crippen LogP contribution in [0, 0.1) is 0 Å². The molecule has 174 valence electrons. The lowest BCUT2D eigenvalue weighted by molar-refractivity contribution is 0.0378. The fourth-order valence-corrected chi connectivity index (χ4v) is 3.97. The second kappa shape index (κ2) is 10.1. The first-order valence-electron chi connectivity index (χ1n) is 10.7. The Balaban J connectivity index is 1.68. The van der Waals surface area contributed by atoms with Gasteiger partial charge in [0, 0.05) is 5.56 Å². The van der Waals surface area contributed by atoms with Gasteiger partial charge in [0.05, 0.1) is 28.6 Å². The Morgan fingerprint density at radius 2 is 1.76 bits per heavy atom. The third kappa shape index (κ3) is 4.99. The quantitative estimate of drug-likeness (QED) is 0.262. The number of rotatable bonds is 7. The van der Waals surface area contributed by atoms with Crippen LogP contribution in [0.4, 0.5) is 0 Å². The van der Waals surface area contributed by atoms with E-state index in [2.05, 4.69) is 15.9 Å². The van der Waals surface area contributed by atoms with E-state index in [1.54, 1.807) is 75.6 Å². The van der Waals surface area contributed by atoms with Gasteiger partial charge >= 0.3 is 5.97 Å². The summed E-state index contributed by atoms with van der Waals surface area (Å²) in [4.78, 5) is 25.4. The van der Waals surface area contributed by atoms with Crippen molar-refractivity contribution in [1.82, 2.24) is 0 Å². The monoisotopic (exact) mass is 522 g/mol. The molecule has 1 aromatic heterocycles. The molecule has 0 aliphatic rings. The van der Waals surface area contributed by atoms with Crippen molar-refractivity contribution in [3.05, 3.63) is 92.6 Å². The summed E-state index contributed by atoms with van der Waals surface area (Å²) in [6.45, 7) is 3.72. The van der Waals surface area contributed by atoms with Crippen LogP contribution in [0.25, 0.3) is 22.3 Å². The summed E-state index contributed by atoms with van der Waals surface area (Å²) >= 11 is 3.48. The third-order valence-corrected chi connectivity index (χ3v) is 5.71. The van der Waals surface area contributed by atoms with Crippen molar-refractivity contribution in [2.75, 3.05) is 7.11 Å². The van der Waals surface area contributed by atoms with E-state index in [0.29, 0.717) is 33.6 Å². The summed E-state index contributed by atoms with van der Waals surface area (Å²) in [6.07, 6.45) is -0.195. The topological polar surface area (TPSA) is 75.0 Å². The fraction of sp³-hybridized carbons (Fsp3) is 0.185. The second-order valence-corrected chi connectivity index (χ2v) is 8.73. The highest BCUT2D eigenvalue weighted by molar-refractivity contribution is 9.10. The number of benzene rings is 3. The average Bonchev–Trinajstić information content (AvgIpc) is 2.83. The number of hydrogen-bond acceptors (Lipinski definition) is 6. The third-order valence-electron chi connectivity index (χ3n) is 5.09. The van der Waals surface area contributed by atoms with Gasteiger partial charge in [0.15, 0.2) is 5.76 Å². The number of halogens is 1. The van der Waals surface area contributed by atoms with Crippen LogP contribution in [-0.4, -0.2) is 19.2 Å². The molecule has 4 aromatic rings. The molecular formula is C27H23BrO6. The highest BCUT2D eigenvalue weighted by Gasteiger charge is 2.19. The molecule has 6 nitrogen and oxygen atoms in total. The predicted octanol–water partition coefficient (Wildman–Crippen LogP) is 6.38. The summed E-state index contributed by atoms with van der Waals surface area (Å²) in [6, 6.07) is 19.3. The van der Waals surface area contributed by atoms with E-state index in [9.17, 15) is 9.59 Å². The Kier molecular flexibility index (Phi) is 7.03. The second-order valence-electron chi connectivity index (χ2n) is 7.87. The van der Waals surface area contributed by atoms with E-state index >= 15 is 0 Å². The van der Waals surface area contributed by atoms with Crippen LogP contribution in [0.1, 0.15) is 29.8 Å². The molecule has 7 heteroatoms. The van der Waals surface area contributed by atoms with Crippen LogP contribution in [0.2, 0.25) is 0 Å². The van der Waals surface area contributed by atoms with Gasteiger partial charge in [0.2, 0.25) is 11.2 Å². The number of esters is 1.